The number of hydrogen-bond donors (Lipinski definition) is 0. The summed E-state index contributed by atoms with van der Waals surface area (Å²) in [6, 6.07) is 5.04. The molecule has 2 aliphatic rings. The predicted octanol–water partition coefficient (Wildman–Crippen LogP) is 2.93. The van der Waals surface area contributed by atoms with Crippen molar-refractivity contribution < 1.29 is 19.2 Å². The molecule has 1 saturated heterocycles. The van der Waals surface area contributed by atoms with Crippen molar-refractivity contribution in [2.45, 2.75) is 39.5 Å². The zero-order chi connectivity index (χ0) is 21.8. The third-order valence-corrected chi connectivity index (χ3v) is 6.12. The minimum absolute atomic E-state index is 0.00336. The van der Waals surface area contributed by atoms with Gasteiger partial charge in [-0.05, 0) is 37.0 Å². The van der Waals surface area contributed by atoms with E-state index in [1.165, 1.54) is 4.90 Å². The molecule has 7 nitrogen and oxygen atoms in total. The van der Waals surface area contributed by atoms with Crippen LogP contribution in [-0.4, -0.2) is 71.1 Å². The van der Waals surface area contributed by atoms with E-state index in [2.05, 4.69) is 29.8 Å². The molecule has 1 aromatic rings. The smallest absolute Gasteiger partial charge is 0.261 e. The van der Waals surface area contributed by atoms with Gasteiger partial charge < -0.3 is 9.80 Å². The van der Waals surface area contributed by atoms with Crippen LogP contribution in [0.15, 0.2) is 22.7 Å². The van der Waals surface area contributed by atoms with Crippen LogP contribution >= 0.6 is 15.9 Å². The zero-order valence-corrected chi connectivity index (χ0v) is 19.1. The number of fused-ring (bicyclic) bond motifs is 1. The van der Waals surface area contributed by atoms with E-state index < -0.39 is 0 Å². The number of imide groups is 1. The Balaban J connectivity index is 1.42. The summed E-state index contributed by atoms with van der Waals surface area (Å²) in [7, 11) is 0. The molecule has 0 unspecified atom stereocenters. The molecule has 0 radical (unpaired) electrons. The highest BCUT2D eigenvalue weighted by atomic mass is 79.9. The van der Waals surface area contributed by atoms with Crippen molar-refractivity contribution >= 4 is 39.6 Å². The van der Waals surface area contributed by atoms with E-state index in [1.807, 2.05) is 4.90 Å². The Morgan fingerprint density at radius 2 is 1.50 bits per heavy atom. The lowest BCUT2D eigenvalue weighted by Crippen LogP contribution is -2.50. The van der Waals surface area contributed by atoms with Crippen LogP contribution in [0.2, 0.25) is 0 Å². The van der Waals surface area contributed by atoms with Crippen molar-refractivity contribution in [1.82, 2.24) is 14.7 Å². The minimum atomic E-state index is -0.308. The molecule has 0 atom stereocenters. The van der Waals surface area contributed by atoms with Gasteiger partial charge in [-0.2, -0.15) is 0 Å². The van der Waals surface area contributed by atoms with E-state index in [-0.39, 0.29) is 36.6 Å². The summed E-state index contributed by atoms with van der Waals surface area (Å²) in [4.78, 5) is 54.5. The van der Waals surface area contributed by atoms with Gasteiger partial charge in [0.25, 0.3) is 11.8 Å². The maximum Gasteiger partial charge on any atom is 0.261 e. The van der Waals surface area contributed by atoms with Crippen LogP contribution in [0.3, 0.4) is 0 Å². The van der Waals surface area contributed by atoms with Gasteiger partial charge in [0.1, 0.15) is 0 Å². The standard InChI is InChI=1S/C22H28BrN3O4/c1-15(2)5-8-20(28)25-12-10-24(11-13-25)19(27)4-3-9-26-21(29)17-7-6-16(23)14-18(17)22(26)30/h6-7,14-15H,3-5,8-13H2,1-2H3. The molecule has 4 amide bonds. The monoisotopic (exact) mass is 477 g/mol. The third kappa shape index (κ3) is 5.09. The van der Waals surface area contributed by atoms with E-state index in [0.29, 0.717) is 56.1 Å². The molecule has 0 aromatic heterocycles. The first-order valence-corrected chi connectivity index (χ1v) is 11.3. The average molecular weight is 478 g/mol. The van der Waals surface area contributed by atoms with Crippen LogP contribution in [0.5, 0.6) is 0 Å². The number of carbonyl (C=O) groups is 4. The number of nitrogens with zero attached hydrogens (tertiary/aromatic N) is 3. The molecule has 0 aliphatic carbocycles. The van der Waals surface area contributed by atoms with Crippen molar-refractivity contribution in [3.05, 3.63) is 33.8 Å². The molecule has 30 heavy (non-hydrogen) atoms. The van der Waals surface area contributed by atoms with E-state index in [4.69, 9.17) is 0 Å². The van der Waals surface area contributed by atoms with E-state index in [0.717, 1.165) is 10.9 Å². The van der Waals surface area contributed by atoms with Gasteiger partial charge in [0.15, 0.2) is 0 Å². The number of halogens is 1. The summed E-state index contributed by atoms with van der Waals surface area (Å²) in [5.41, 5.74) is 0.812. The largest absolute Gasteiger partial charge is 0.339 e. The van der Waals surface area contributed by atoms with Crippen molar-refractivity contribution in [3.8, 4) is 0 Å². The number of piperazine rings is 1. The maximum atomic E-state index is 12.5. The Morgan fingerprint density at radius 1 is 0.933 bits per heavy atom. The van der Waals surface area contributed by atoms with Crippen LogP contribution in [-0.2, 0) is 9.59 Å². The highest BCUT2D eigenvalue weighted by Gasteiger charge is 2.35. The fourth-order valence-corrected chi connectivity index (χ4v) is 4.15. The molecule has 0 spiro atoms. The Kier molecular flexibility index (Phi) is 7.28. The molecular formula is C22H28BrN3O4. The van der Waals surface area contributed by atoms with Gasteiger partial charge >= 0.3 is 0 Å². The number of carbonyl (C=O) groups excluding carboxylic acids is 4. The molecule has 0 N–H and O–H groups in total. The predicted molar refractivity (Wildman–Crippen MR) is 116 cm³/mol. The van der Waals surface area contributed by atoms with Crippen LogP contribution in [0.25, 0.3) is 0 Å². The first-order chi connectivity index (χ1) is 14.3. The zero-order valence-electron chi connectivity index (χ0n) is 17.5. The molecule has 3 rings (SSSR count). The van der Waals surface area contributed by atoms with Crippen molar-refractivity contribution in [3.63, 3.8) is 0 Å². The molecule has 1 fully saturated rings. The third-order valence-electron chi connectivity index (χ3n) is 5.63. The molecule has 162 valence electrons. The molecule has 0 bridgehead atoms. The highest BCUT2D eigenvalue weighted by molar-refractivity contribution is 9.10. The molecule has 1 aromatic carbocycles. The molecule has 0 saturated carbocycles. The molecular weight excluding hydrogens is 450 g/mol. The van der Waals surface area contributed by atoms with Crippen molar-refractivity contribution in [1.29, 1.82) is 0 Å². The summed E-state index contributed by atoms with van der Waals surface area (Å²) in [5.74, 6) is 0.0537. The summed E-state index contributed by atoms with van der Waals surface area (Å²) >= 11 is 3.32. The van der Waals surface area contributed by atoms with Crippen LogP contribution in [0, 0.1) is 5.92 Å². The van der Waals surface area contributed by atoms with Gasteiger partial charge in [0.2, 0.25) is 11.8 Å². The number of amides is 4. The molecule has 2 aliphatic heterocycles. The van der Waals surface area contributed by atoms with E-state index in [9.17, 15) is 19.2 Å². The SMILES string of the molecule is CC(C)CCC(=O)N1CCN(C(=O)CCCN2C(=O)c3ccc(Br)cc3C2=O)CC1. The van der Waals surface area contributed by atoms with Crippen LogP contribution in [0.4, 0.5) is 0 Å². The number of benzene rings is 1. The molecule has 2 heterocycles. The second-order valence-electron chi connectivity index (χ2n) is 8.25. The van der Waals surface area contributed by atoms with Gasteiger partial charge in [0, 0.05) is 50.0 Å². The lowest BCUT2D eigenvalue weighted by molar-refractivity contribution is -0.139. The first-order valence-electron chi connectivity index (χ1n) is 10.5. The summed E-state index contributed by atoms with van der Waals surface area (Å²) in [6.07, 6.45) is 2.15. The Labute approximate surface area is 185 Å². The van der Waals surface area contributed by atoms with E-state index >= 15 is 0 Å². The van der Waals surface area contributed by atoms with Gasteiger partial charge in [-0.1, -0.05) is 29.8 Å². The number of hydrogen-bond acceptors (Lipinski definition) is 4. The lowest BCUT2D eigenvalue weighted by atomic mass is 10.1. The van der Waals surface area contributed by atoms with Gasteiger partial charge in [-0.25, -0.2) is 0 Å². The van der Waals surface area contributed by atoms with Gasteiger partial charge in [-0.3, -0.25) is 24.1 Å². The average Bonchev–Trinajstić information content (AvgIpc) is 2.96. The quantitative estimate of drug-likeness (QED) is 0.565. The van der Waals surface area contributed by atoms with Crippen LogP contribution < -0.4 is 0 Å². The van der Waals surface area contributed by atoms with Gasteiger partial charge in [-0.15, -0.1) is 0 Å². The second kappa shape index (κ2) is 9.73. The summed E-state index contributed by atoms with van der Waals surface area (Å²) < 4.78 is 0.751. The maximum absolute atomic E-state index is 12.5. The van der Waals surface area contributed by atoms with Crippen molar-refractivity contribution in [2.75, 3.05) is 32.7 Å². The first kappa shape index (κ1) is 22.5. The molecule has 8 heteroatoms. The Morgan fingerprint density at radius 3 is 2.10 bits per heavy atom. The minimum Gasteiger partial charge on any atom is -0.339 e. The Bertz CT molecular complexity index is 847. The Hall–Kier alpha value is -2.22. The van der Waals surface area contributed by atoms with Crippen molar-refractivity contribution in [2.24, 2.45) is 5.92 Å². The lowest BCUT2D eigenvalue weighted by Gasteiger charge is -2.35. The summed E-state index contributed by atoms with van der Waals surface area (Å²) in [5, 5.41) is 0. The topological polar surface area (TPSA) is 78.0 Å². The van der Waals surface area contributed by atoms with E-state index in [1.54, 1.807) is 23.1 Å². The normalized spacial score (nSPS) is 16.5. The second-order valence-corrected chi connectivity index (χ2v) is 9.17. The number of rotatable bonds is 7. The van der Waals surface area contributed by atoms with Crippen LogP contribution in [0.1, 0.15) is 60.2 Å². The fourth-order valence-electron chi connectivity index (χ4n) is 3.79. The summed E-state index contributed by atoms with van der Waals surface area (Å²) in [6.45, 7) is 6.63. The fraction of sp³-hybridized carbons (Fsp3) is 0.545. The highest BCUT2D eigenvalue weighted by Crippen LogP contribution is 2.26. The van der Waals surface area contributed by atoms with Gasteiger partial charge in [0.05, 0.1) is 11.1 Å².